The van der Waals surface area contributed by atoms with Crippen molar-refractivity contribution >= 4 is 51.7 Å². The summed E-state index contributed by atoms with van der Waals surface area (Å²) in [6, 6.07) is 16.8. The number of amides is 1. The topological polar surface area (TPSA) is 112 Å². The van der Waals surface area contributed by atoms with Crippen molar-refractivity contribution in [2.24, 2.45) is 7.05 Å². The number of aromatic nitrogens is 3. The van der Waals surface area contributed by atoms with E-state index in [1.165, 1.54) is 10.6 Å². The molecule has 0 radical (unpaired) electrons. The molecule has 0 bridgehead atoms. The van der Waals surface area contributed by atoms with E-state index in [1.807, 2.05) is 49.5 Å². The van der Waals surface area contributed by atoms with Gasteiger partial charge in [-0.05, 0) is 65.9 Å². The van der Waals surface area contributed by atoms with Crippen LogP contribution in [0.15, 0.2) is 84.6 Å². The fourth-order valence-electron chi connectivity index (χ4n) is 5.73. The number of hydrogen-bond donors (Lipinski definition) is 3. The highest BCUT2D eigenvalue weighted by Gasteiger charge is 2.21. The number of aryl methyl sites for hydroxylation is 1. The van der Waals surface area contributed by atoms with E-state index in [-0.39, 0.29) is 11.7 Å². The number of fused-ring (bicyclic) bond motifs is 1. The number of pyridine rings is 3. The van der Waals surface area contributed by atoms with Gasteiger partial charge < -0.3 is 20.3 Å². The number of nitrogens with zero attached hydrogens (tertiary/aromatic N) is 4. The predicted molar refractivity (Wildman–Crippen MR) is 180 cm³/mol. The van der Waals surface area contributed by atoms with Gasteiger partial charge in [0.15, 0.2) is 5.82 Å². The highest BCUT2D eigenvalue weighted by Crippen LogP contribution is 2.38. The van der Waals surface area contributed by atoms with Gasteiger partial charge in [-0.1, -0.05) is 48.5 Å². The van der Waals surface area contributed by atoms with Crippen molar-refractivity contribution in [3.05, 3.63) is 117 Å². The predicted octanol–water partition coefficient (Wildman–Crippen LogP) is 6.16. The molecule has 9 nitrogen and oxygen atoms in total. The minimum Gasteiger partial charge on any atom is -0.392 e. The van der Waals surface area contributed by atoms with E-state index >= 15 is 0 Å². The highest BCUT2D eigenvalue weighted by atomic mass is 35.5. The van der Waals surface area contributed by atoms with Gasteiger partial charge in [0.05, 0.1) is 16.8 Å². The van der Waals surface area contributed by atoms with E-state index in [0.717, 1.165) is 58.4 Å². The molecule has 1 fully saturated rings. The third kappa shape index (κ3) is 6.23. The van der Waals surface area contributed by atoms with Crippen LogP contribution in [0.4, 0.5) is 17.2 Å². The zero-order valence-corrected chi connectivity index (χ0v) is 25.8. The Morgan fingerprint density at radius 2 is 1.91 bits per heavy atom. The molecular weight excluding hydrogens is 588 g/mol. The summed E-state index contributed by atoms with van der Waals surface area (Å²) in [5.41, 5.74) is 5.82. The molecule has 2 aromatic carbocycles. The first-order chi connectivity index (χ1) is 21.7. The van der Waals surface area contributed by atoms with Crippen molar-refractivity contribution in [2.45, 2.75) is 26.0 Å². The number of rotatable bonds is 8. The first kappa shape index (κ1) is 30.2. The van der Waals surface area contributed by atoms with Gasteiger partial charge >= 0.3 is 0 Å². The van der Waals surface area contributed by atoms with Gasteiger partial charge in [-0.15, -0.1) is 0 Å². The summed E-state index contributed by atoms with van der Waals surface area (Å²) < 4.78 is 1.35. The molecule has 5 aromatic rings. The molecule has 4 heterocycles. The van der Waals surface area contributed by atoms with E-state index in [4.69, 9.17) is 16.6 Å². The minimum atomic E-state index is -0.554. The molecule has 1 saturated heterocycles. The molecule has 10 heteroatoms. The van der Waals surface area contributed by atoms with Gasteiger partial charge in [0.25, 0.3) is 11.5 Å². The summed E-state index contributed by atoms with van der Waals surface area (Å²) in [4.78, 5) is 37.4. The Kier molecular flexibility index (Phi) is 8.49. The Morgan fingerprint density at radius 1 is 1.13 bits per heavy atom. The third-order valence-corrected chi connectivity index (χ3v) is 8.53. The Labute approximate surface area is 265 Å². The second-order valence-corrected chi connectivity index (χ2v) is 11.7. The molecule has 1 aliphatic rings. The van der Waals surface area contributed by atoms with Gasteiger partial charge in [-0.3, -0.25) is 19.5 Å². The Balaban J connectivity index is 1.27. The smallest absolute Gasteiger partial charge is 0.263 e. The number of benzene rings is 2. The number of aliphatic hydroxyl groups is 1. The van der Waals surface area contributed by atoms with Crippen molar-refractivity contribution in [1.29, 1.82) is 0 Å². The molecular formula is C35H33ClN6O3. The lowest BCUT2D eigenvalue weighted by atomic mass is 9.98. The van der Waals surface area contributed by atoms with Gasteiger partial charge in [-0.2, -0.15) is 0 Å². The molecule has 0 spiro atoms. The quantitative estimate of drug-likeness (QED) is 0.190. The molecule has 0 aliphatic carbocycles. The Morgan fingerprint density at radius 3 is 2.67 bits per heavy atom. The van der Waals surface area contributed by atoms with E-state index in [2.05, 4.69) is 33.2 Å². The molecule has 6 rings (SSSR count). The number of hydrogen-bond acceptors (Lipinski definition) is 7. The van der Waals surface area contributed by atoms with Crippen LogP contribution < -0.4 is 16.2 Å². The van der Waals surface area contributed by atoms with Crippen LogP contribution >= 0.6 is 11.6 Å². The summed E-state index contributed by atoms with van der Waals surface area (Å²) in [5.74, 6) is 0.0764. The number of carbonyl (C=O) groups is 1. The first-order valence-electron chi connectivity index (χ1n) is 14.7. The number of halogens is 1. The summed E-state index contributed by atoms with van der Waals surface area (Å²) >= 11 is 6.88. The molecule has 1 amide bonds. The summed E-state index contributed by atoms with van der Waals surface area (Å²) in [7, 11) is 1.59. The van der Waals surface area contributed by atoms with Crippen LogP contribution in [0.25, 0.3) is 28.1 Å². The molecule has 3 aromatic heterocycles. The van der Waals surface area contributed by atoms with E-state index in [0.29, 0.717) is 28.6 Å². The number of anilines is 3. The lowest BCUT2D eigenvalue weighted by Crippen LogP contribution is -2.27. The van der Waals surface area contributed by atoms with Gasteiger partial charge in [0.2, 0.25) is 0 Å². The normalized spacial score (nSPS) is 14.9. The van der Waals surface area contributed by atoms with Crippen molar-refractivity contribution in [1.82, 2.24) is 19.4 Å². The highest BCUT2D eigenvalue weighted by molar-refractivity contribution is 6.36. The molecule has 228 valence electrons. The average Bonchev–Trinajstić information content (AvgIpc) is 3.44. The maximum absolute atomic E-state index is 13.2. The summed E-state index contributed by atoms with van der Waals surface area (Å²) in [5, 5.41) is 17.5. The van der Waals surface area contributed by atoms with Crippen molar-refractivity contribution in [3.63, 3.8) is 0 Å². The fraction of sp³-hybridized carbons (Fsp3) is 0.200. The van der Waals surface area contributed by atoms with E-state index in [9.17, 15) is 14.7 Å². The maximum Gasteiger partial charge on any atom is 0.263 e. The number of β-amino-alcohol motifs (C(OH)–C–C–N with tert-alkyl or cyclic N) is 1. The summed E-state index contributed by atoms with van der Waals surface area (Å²) in [6.07, 6.45) is 7.36. The lowest BCUT2D eigenvalue weighted by Gasteiger charge is -2.17. The second kappa shape index (κ2) is 12.6. The monoisotopic (exact) mass is 620 g/mol. The van der Waals surface area contributed by atoms with Gasteiger partial charge in [0, 0.05) is 61.9 Å². The average molecular weight is 621 g/mol. The second-order valence-electron chi connectivity index (χ2n) is 11.3. The van der Waals surface area contributed by atoms with Crippen LogP contribution in [0.1, 0.15) is 33.5 Å². The number of carbonyl (C=O) groups excluding carboxylic acids is 1. The molecule has 1 unspecified atom stereocenters. The molecule has 1 aliphatic heterocycles. The molecule has 45 heavy (non-hydrogen) atoms. The Bertz CT molecular complexity index is 2010. The zero-order valence-electron chi connectivity index (χ0n) is 25.0. The van der Waals surface area contributed by atoms with Crippen LogP contribution in [-0.2, 0) is 13.6 Å². The van der Waals surface area contributed by atoms with Crippen LogP contribution in [0.5, 0.6) is 0 Å². The van der Waals surface area contributed by atoms with Crippen molar-refractivity contribution in [3.8, 4) is 11.1 Å². The van der Waals surface area contributed by atoms with Crippen LogP contribution in [0.3, 0.4) is 0 Å². The standard InChI is InChI=1S/C35H33ClN6O3/c1-4-22-16-28(35(45)41(3)18-22)34(44)40-30-10-6-8-27(31(30)36)26-7-5-9-29(21(26)2)39-33-32-24(11-13-37-33)15-23(17-38-32)19-42-14-12-25(43)20-42/h4-11,13,15-18,25,43H,1,12,14,19-20H2,2-3H3,(H,37,39)(H,40,44). The lowest BCUT2D eigenvalue weighted by molar-refractivity contribution is 0.102. The van der Waals surface area contributed by atoms with Gasteiger partial charge in [0.1, 0.15) is 11.1 Å². The molecule has 1 atom stereocenters. The van der Waals surface area contributed by atoms with E-state index < -0.39 is 11.5 Å². The number of likely N-dealkylation sites (tertiary alicyclic amines) is 1. The van der Waals surface area contributed by atoms with Crippen molar-refractivity contribution < 1.29 is 9.90 Å². The van der Waals surface area contributed by atoms with E-state index in [1.54, 1.807) is 31.6 Å². The SMILES string of the molecule is C=Cc1cc(C(=O)Nc2cccc(-c3cccc(Nc4nccc5cc(CN6CCC(O)C6)cnc45)c3C)c2Cl)c(=O)n(C)c1. The number of aliphatic hydroxyl groups excluding tert-OH is 1. The van der Waals surface area contributed by atoms with Crippen molar-refractivity contribution in [2.75, 3.05) is 23.7 Å². The minimum absolute atomic E-state index is 0.00286. The maximum atomic E-state index is 13.2. The third-order valence-electron chi connectivity index (χ3n) is 8.12. The molecule has 0 saturated carbocycles. The van der Waals surface area contributed by atoms with Crippen LogP contribution in [-0.4, -0.2) is 49.6 Å². The largest absolute Gasteiger partial charge is 0.392 e. The number of nitrogens with one attached hydrogen (secondary N) is 2. The summed E-state index contributed by atoms with van der Waals surface area (Å²) in [6.45, 7) is 8.02. The Hall–Kier alpha value is -4.83. The van der Waals surface area contributed by atoms with Gasteiger partial charge in [-0.25, -0.2) is 4.98 Å². The van der Waals surface area contributed by atoms with Crippen LogP contribution in [0.2, 0.25) is 5.02 Å². The fourth-order valence-corrected chi connectivity index (χ4v) is 6.00. The van der Waals surface area contributed by atoms with Crippen LogP contribution in [0, 0.1) is 6.92 Å². The molecule has 3 N–H and O–H groups in total. The zero-order chi connectivity index (χ0) is 31.7. The first-order valence-corrected chi connectivity index (χ1v) is 15.0.